The van der Waals surface area contributed by atoms with Crippen LogP contribution in [0.4, 0.5) is 5.82 Å². The Bertz CT molecular complexity index is 1270. The van der Waals surface area contributed by atoms with Crippen molar-refractivity contribution >= 4 is 27.9 Å². The van der Waals surface area contributed by atoms with Gasteiger partial charge in [-0.05, 0) is 38.1 Å². The highest BCUT2D eigenvalue weighted by Gasteiger charge is 2.29. The van der Waals surface area contributed by atoms with Crippen molar-refractivity contribution in [2.45, 2.75) is 19.9 Å². The lowest BCUT2D eigenvalue weighted by atomic mass is 10.0. The number of hydrogen-bond donors (Lipinski definition) is 2. The first-order valence-electron chi connectivity index (χ1n) is 10.2. The number of aromatic nitrogens is 5. The lowest BCUT2D eigenvalue weighted by Gasteiger charge is -2.17. The van der Waals surface area contributed by atoms with E-state index in [4.69, 9.17) is 4.98 Å². The normalized spacial score (nSPS) is 19.3. The predicted octanol–water partition coefficient (Wildman–Crippen LogP) is 2.64. The maximum absolute atomic E-state index is 10.8. The van der Waals surface area contributed by atoms with Crippen molar-refractivity contribution in [1.29, 1.82) is 0 Å². The second-order valence-corrected chi connectivity index (χ2v) is 8.18. The molecule has 1 saturated heterocycles. The number of aryl methyl sites for hydroxylation is 2. The molecule has 30 heavy (non-hydrogen) atoms. The maximum atomic E-state index is 10.8. The van der Waals surface area contributed by atoms with Gasteiger partial charge in [-0.15, -0.1) is 0 Å². The molecule has 0 radical (unpaired) electrons. The molecule has 2 atom stereocenters. The van der Waals surface area contributed by atoms with Crippen molar-refractivity contribution in [1.82, 2.24) is 30.0 Å². The highest BCUT2D eigenvalue weighted by molar-refractivity contribution is 5.91. The van der Waals surface area contributed by atoms with Gasteiger partial charge >= 0.3 is 0 Å². The van der Waals surface area contributed by atoms with E-state index in [0.29, 0.717) is 28.9 Å². The van der Waals surface area contributed by atoms with Gasteiger partial charge in [-0.1, -0.05) is 6.92 Å². The van der Waals surface area contributed by atoms with Crippen LogP contribution < -0.4 is 10.2 Å². The number of benzene rings is 1. The molecular formula is C22H25N7O. The van der Waals surface area contributed by atoms with Gasteiger partial charge in [0.25, 0.3) is 0 Å². The van der Waals surface area contributed by atoms with Crippen molar-refractivity contribution < 1.29 is 5.11 Å². The van der Waals surface area contributed by atoms with Crippen molar-refractivity contribution in [2.24, 2.45) is 13.0 Å². The van der Waals surface area contributed by atoms with Gasteiger partial charge in [0, 0.05) is 48.9 Å². The molecule has 1 fully saturated rings. The molecule has 2 N–H and O–H groups in total. The Labute approximate surface area is 174 Å². The first-order chi connectivity index (χ1) is 14.4. The Morgan fingerprint density at radius 1 is 1.20 bits per heavy atom. The molecule has 0 unspecified atom stereocenters. The minimum absolute atomic E-state index is 0.196. The fourth-order valence-corrected chi connectivity index (χ4v) is 4.36. The summed E-state index contributed by atoms with van der Waals surface area (Å²) in [6, 6.07) is 6.19. The van der Waals surface area contributed by atoms with Crippen molar-refractivity contribution in [3.63, 3.8) is 0 Å². The molecule has 0 spiro atoms. The molecule has 8 heteroatoms. The third kappa shape index (κ3) is 2.95. The number of likely N-dealkylation sites (N-methyl/N-ethyl adjacent to an activating group) is 1. The summed E-state index contributed by atoms with van der Waals surface area (Å²) >= 11 is 0. The number of rotatable bonds is 3. The summed E-state index contributed by atoms with van der Waals surface area (Å²) in [6.07, 6.45) is 3.73. The quantitative estimate of drug-likeness (QED) is 0.543. The summed E-state index contributed by atoms with van der Waals surface area (Å²) in [5, 5.41) is 19.5. The van der Waals surface area contributed by atoms with Gasteiger partial charge in [0.05, 0.1) is 17.4 Å². The van der Waals surface area contributed by atoms with Gasteiger partial charge in [-0.25, -0.2) is 15.0 Å². The summed E-state index contributed by atoms with van der Waals surface area (Å²) < 4.78 is 1.75. The number of pyridine rings is 1. The number of hydrogen-bond acceptors (Lipinski definition) is 7. The van der Waals surface area contributed by atoms with E-state index in [9.17, 15) is 5.11 Å². The molecule has 0 saturated carbocycles. The van der Waals surface area contributed by atoms with Crippen LogP contribution in [0.5, 0.6) is 5.75 Å². The third-order valence-corrected chi connectivity index (χ3v) is 6.10. The number of fused-ring (bicyclic) bond motifs is 2. The average Bonchev–Trinajstić information content (AvgIpc) is 3.31. The SMILES string of the molecule is CN[C@@H]1CN(c2cnc3nc(-c4cc5cn(C)nc5c(C)c4O)ccc3n2)C[C@@H]1C. The minimum Gasteiger partial charge on any atom is -0.507 e. The summed E-state index contributed by atoms with van der Waals surface area (Å²) in [5.41, 5.74) is 4.19. The van der Waals surface area contributed by atoms with Crippen LogP contribution in [0.15, 0.2) is 30.6 Å². The molecule has 3 aromatic heterocycles. The lowest BCUT2D eigenvalue weighted by molar-refractivity contribution is 0.474. The highest BCUT2D eigenvalue weighted by atomic mass is 16.3. The van der Waals surface area contributed by atoms with Crippen LogP contribution in [0, 0.1) is 12.8 Å². The molecule has 0 aliphatic carbocycles. The summed E-state index contributed by atoms with van der Waals surface area (Å²) in [6.45, 7) is 5.99. The summed E-state index contributed by atoms with van der Waals surface area (Å²) in [4.78, 5) is 16.3. The molecule has 0 bridgehead atoms. The Morgan fingerprint density at radius 3 is 2.80 bits per heavy atom. The molecule has 5 rings (SSSR count). The van der Waals surface area contributed by atoms with Gasteiger partial charge in [0.2, 0.25) is 0 Å². The van der Waals surface area contributed by atoms with E-state index in [1.807, 2.05) is 45.4 Å². The zero-order chi connectivity index (χ0) is 21.0. The van der Waals surface area contributed by atoms with Crippen LogP contribution in [0.2, 0.25) is 0 Å². The van der Waals surface area contributed by atoms with Crippen LogP contribution in [0.25, 0.3) is 33.3 Å². The minimum atomic E-state index is 0.196. The molecule has 0 amide bonds. The Hall–Kier alpha value is -3.26. The summed E-state index contributed by atoms with van der Waals surface area (Å²) in [5.74, 6) is 1.63. The van der Waals surface area contributed by atoms with E-state index in [2.05, 4.69) is 32.2 Å². The summed E-state index contributed by atoms with van der Waals surface area (Å²) in [7, 11) is 3.87. The first kappa shape index (κ1) is 18.7. The van der Waals surface area contributed by atoms with Gasteiger partial charge in [-0.3, -0.25) is 4.68 Å². The Morgan fingerprint density at radius 2 is 2.03 bits per heavy atom. The average molecular weight is 403 g/mol. The van der Waals surface area contributed by atoms with E-state index in [1.54, 1.807) is 10.9 Å². The van der Waals surface area contributed by atoms with Crippen LogP contribution >= 0.6 is 0 Å². The smallest absolute Gasteiger partial charge is 0.178 e. The first-order valence-corrected chi connectivity index (χ1v) is 10.2. The van der Waals surface area contributed by atoms with Crippen LogP contribution in [-0.2, 0) is 7.05 Å². The molecule has 4 heterocycles. The number of nitrogens with one attached hydrogen (secondary N) is 1. The van der Waals surface area contributed by atoms with Crippen LogP contribution in [-0.4, -0.2) is 56.0 Å². The van der Waals surface area contributed by atoms with E-state index < -0.39 is 0 Å². The van der Waals surface area contributed by atoms with Gasteiger partial charge < -0.3 is 15.3 Å². The van der Waals surface area contributed by atoms with E-state index in [-0.39, 0.29) is 5.75 Å². The number of anilines is 1. The van der Waals surface area contributed by atoms with E-state index in [1.165, 1.54) is 0 Å². The van der Waals surface area contributed by atoms with Gasteiger partial charge in [0.1, 0.15) is 17.1 Å². The highest BCUT2D eigenvalue weighted by Crippen LogP contribution is 2.36. The van der Waals surface area contributed by atoms with Gasteiger partial charge in [-0.2, -0.15) is 5.10 Å². The lowest BCUT2D eigenvalue weighted by Crippen LogP contribution is -2.32. The topological polar surface area (TPSA) is 92.0 Å². The second-order valence-electron chi connectivity index (χ2n) is 8.18. The molecule has 154 valence electrons. The van der Waals surface area contributed by atoms with E-state index >= 15 is 0 Å². The maximum Gasteiger partial charge on any atom is 0.178 e. The number of nitrogens with zero attached hydrogens (tertiary/aromatic N) is 6. The monoisotopic (exact) mass is 403 g/mol. The number of aromatic hydroxyl groups is 1. The van der Waals surface area contributed by atoms with Crippen molar-refractivity contribution in [3.05, 3.63) is 36.2 Å². The van der Waals surface area contributed by atoms with E-state index in [0.717, 1.165) is 40.9 Å². The Balaban J connectivity index is 1.53. The standard InChI is InChI=1S/C22H25N7O/c1-12-9-29(11-18(12)23-3)19-8-24-22-17(25-19)6-5-16(26-22)15-7-14-10-28(4)27-20(14)13(2)21(15)30/h5-8,10,12,18,23,30H,9,11H2,1-4H3/t12-,18+/m0/s1. The largest absolute Gasteiger partial charge is 0.507 e. The second kappa shape index (κ2) is 6.91. The van der Waals surface area contributed by atoms with Crippen molar-refractivity contribution in [3.8, 4) is 17.0 Å². The molecule has 4 aromatic rings. The predicted molar refractivity (Wildman–Crippen MR) is 118 cm³/mol. The zero-order valence-corrected chi connectivity index (χ0v) is 17.6. The van der Waals surface area contributed by atoms with Crippen LogP contribution in [0.3, 0.4) is 0 Å². The van der Waals surface area contributed by atoms with Gasteiger partial charge in [0.15, 0.2) is 5.65 Å². The molecular weight excluding hydrogens is 378 g/mol. The molecule has 1 aliphatic heterocycles. The fourth-order valence-electron chi connectivity index (χ4n) is 4.36. The van der Waals surface area contributed by atoms with Crippen molar-refractivity contribution in [2.75, 3.05) is 25.0 Å². The Kier molecular flexibility index (Phi) is 4.32. The molecule has 1 aromatic carbocycles. The number of phenols is 1. The van der Waals surface area contributed by atoms with Crippen LogP contribution in [0.1, 0.15) is 12.5 Å². The molecule has 8 nitrogen and oxygen atoms in total. The number of phenolic OH excluding ortho intramolecular Hbond substituents is 1. The molecule has 1 aliphatic rings. The fraction of sp³-hybridized carbons (Fsp3) is 0.364. The zero-order valence-electron chi connectivity index (χ0n) is 17.6. The third-order valence-electron chi connectivity index (χ3n) is 6.10.